The highest BCUT2D eigenvalue weighted by Gasteiger charge is 2.41. The van der Waals surface area contributed by atoms with Gasteiger partial charge in [-0.15, -0.1) is 0 Å². The summed E-state index contributed by atoms with van der Waals surface area (Å²) in [7, 11) is -3.61. The molecule has 2 fully saturated rings. The highest BCUT2D eigenvalue weighted by Crippen LogP contribution is 2.43. The largest absolute Gasteiger partial charge is 0.416 e. The van der Waals surface area contributed by atoms with Crippen molar-refractivity contribution < 1.29 is 35.6 Å². The zero-order valence-electron chi connectivity index (χ0n) is 21.8. The molecule has 1 saturated heterocycles. The third-order valence-corrected chi connectivity index (χ3v) is 8.07. The summed E-state index contributed by atoms with van der Waals surface area (Å²) in [6, 6.07) is 4.71. The molecule has 39 heavy (non-hydrogen) atoms. The molecule has 1 saturated carbocycles. The van der Waals surface area contributed by atoms with Crippen molar-refractivity contribution in [2.75, 3.05) is 18.1 Å². The number of alkyl halides is 3. The van der Waals surface area contributed by atoms with E-state index in [1.165, 1.54) is 23.1 Å². The molecule has 2 atom stereocenters. The number of rotatable bonds is 8. The Kier molecular flexibility index (Phi) is 7.98. The van der Waals surface area contributed by atoms with Crippen LogP contribution in [0.3, 0.4) is 0 Å². The van der Waals surface area contributed by atoms with Gasteiger partial charge in [-0.1, -0.05) is 6.07 Å². The molecular weight excluding hydrogens is 538 g/mol. The number of nitrogens with zero attached hydrogens (tertiary/aromatic N) is 1. The smallest absolute Gasteiger partial charge is 0.382 e. The predicted octanol–water partition coefficient (Wildman–Crippen LogP) is 4.94. The predicted molar refractivity (Wildman–Crippen MR) is 137 cm³/mol. The summed E-state index contributed by atoms with van der Waals surface area (Å²) < 4.78 is 78.2. The first-order valence-corrected chi connectivity index (χ1v) is 14.6. The topological polar surface area (TPSA) is 95.6 Å². The molecule has 1 aliphatic carbocycles. The van der Waals surface area contributed by atoms with E-state index in [1.54, 1.807) is 0 Å². The molecule has 2 aliphatic rings. The molecular formula is C27H31F4N3O4S. The van der Waals surface area contributed by atoms with Gasteiger partial charge in [0.2, 0.25) is 5.91 Å². The molecule has 0 unspecified atom stereocenters. The molecule has 0 radical (unpaired) electrons. The minimum absolute atomic E-state index is 0.0287. The average Bonchev–Trinajstić information content (AvgIpc) is 3.56. The fourth-order valence-corrected chi connectivity index (χ4v) is 5.54. The molecule has 1 heterocycles. The molecule has 0 aromatic heterocycles. The van der Waals surface area contributed by atoms with Crippen molar-refractivity contribution in [2.24, 2.45) is 5.92 Å². The van der Waals surface area contributed by atoms with E-state index in [1.807, 2.05) is 13.8 Å². The first-order chi connectivity index (χ1) is 18.2. The van der Waals surface area contributed by atoms with Gasteiger partial charge in [-0.25, -0.2) is 12.8 Å². The second-order valence-electron chi connectivity index (χ2n) is 10.5. The van der Waals surface area contributed by atoms with Crippen LogP contribution in [0.5, 0.6) is 0 Å². The zero-order valence-corrected chi connectivity index (χ0v) is 22.6. The van der Waals surface area contributed by atoms with Gasteiger partial charge in [0.1, 0.15) is 11.9 Å². The molecule has 2 aromatic rings. The number of amides is 2. The second-order valence-corrected chi connectivity index (χ2v) is 12.5. The number of carbonyl (C=O) groups excluding carboxylic acids is 2. The lowest BCUT2D eigenvalue weighted by Gasteiger charge is -2.28. The highest BCUT2D eigenvalue weighted by molar-refractivity contribution is 7.90. The zero-order chi connectivity index (χ0) is 28.7. The summed E-state index contributed by atoms with van der Waals surface area (Å²) >= 11 is 0. The van der Waals surface area contributed by atoms with E-state index in [9.17, 15) is 35.6 Å². The first-order valence-electron chi connectivity index (χ1n) is 12.8. The number of sulfone groups is 1. The fraction of sp³-hybridized carbons (Fsp3) is 0.481. The number of benzene rings is 2. The van der Waals surface area contributed by atoms with E-state index in [4.69, 9.17) is 0 Å². The van der Waals surface area contributed by atoms with Crippen molar-refractivity contribution in [3.8, 4) is 0 Å². The van der Waals surface area contributed by atoms with Crippen LogP contribution in [-0.4, -0.2) is 50.0 Å². The second kappa shape index (κ2) is 10.8. The van der Waals surface area contributed by atoms with Crippen LogP contribution in [-0.2, 0) is 20.8 Å². The van der Waals surface area contributed by atoms with Crippen molar-refractivity contribution in [1.29, 1.82) is 0 Å². The Bertz CT molecular complexity index is 1370. The first kappa shape index (κ1) is 28.8. The van der Waals surface area contributed by atoms with Gasteiger partial charge in [-0.3, -0.25) is 9.59 Å². The minimum atomic E-state index is -4.69. The van der Waals surface area contributed by atoms with Gasteiger partial charge >= 0.3 is 6.18 Å². The van der Waals surface area contributed by atoms with E-state index in [0.717, 1.165) is 18.4 Å². The lowest BCUT2D eigenvalue weighted by atomic mass is 9.99. The molecule has 0 bridgehead atoms. The summed E-state index contributed by atoms with van der Waals surface area (Å²) in [6.45, 7) is 3.98. The normalized spacial score (nSPS) is 18.8. The number of likely N-dealkylation sites (tertiary alicyclic amines) is 1. The minimum Gasteiger partial charge on any atom is -0.382 e. The number of halogens is 4. The van der Waals surface area contributed by atoms with Crippen LogP contribution >= 0.6 is 0 Å². The molecule has 0 spiro atoms. The quantitative estimate of drug-likeness (QED) is 0.439. The molecule has 212 valence electrons. The van der Waals surface area contributed by atoms with E-state index in [2.05, 4.69) is 10.6 Å². The standard InChI is InChI=1S/C27H31F4N3O4S/c1-15(2)32-22-11-9-18(39(3,37)38)14-20(22)26(36)34-12-4-5-23(34)25(35)33-24(16-6-7-16)19-10-8-17(13-21(19)28)27(29,30)31/h8-11,13-16,23-24,32H,4-7,12H2,1-3H3,(H,33,35)/t23-,24-/m1/s1. The maximum Gasteiger partial charge on any atom is 0.416 e. The van der Waals surface area contributed by atoms with Crippen LogP contribution in [0.2, 0.25) is 0 Å². The SMILES string of the molecule is CC(C)Nc1ccc(S(C)(=O)=O)cc1C(=O)N1CCC[C@@H]1C(=O)N[C@@H](c1ccc(C(F)(F)F)cc1F)C1CC1. The van der Waals surface area contributed by atoms with Crippen LogP contribution < -0.4 is 10.6 Å². The van der Waals surface area contributed by atoms with Crippen LogP contribution in [0.1, 0.15) is 67.1 Å². The number of hydrogen-bond donors (Lipinski definition) is 2. The molecule has 12 heteroatoms. The summed E-state index contributed by atoms with van der Waals surface area (Å²) in [4.78, 5) is 28.4. The average molecular weight is 570 g/mol. The van der Waals surface area contributed by atoms with E-state index < -0.39 is 51.3 Å². The lowest BCUT2D eigenvalue weighted by Crippen LogP contribution is -2.47. The monoisotopic (exact) mass is 569 g/mol. The number of anilines is 1. The van der Waals surface area contributed by atoms with Crippen molar-refractivity contribution in [3.63, 3.8) is 0 Å². The molecule has 2 N–H and O–H groups in total. The van der Waals surface area contributed by atoms with Gasteiger partial charge < -0.3 is 15.5 Å². The maximum atomic E-state index is 14.8. The fourth-order valence-electron chi connectivity index (χ4n) is 4.89. The Morgan fingerprint density at radius 2 is 1.74 bits per heavy atom. The van der Waals surface area contributed by atoms with Crippen molar-refractivity contribution in [1.82, 2.24) is 10.2 Å². The Morgan fingerprint density at radius 1 is 1.05 bits per heavy atom. The Hall–Kier alpha value is -3.15. The van der Waals surface area contributed by atoms with Crippen LogP contribution in [0.4, 0.5) is 23.2 Å². The Labute approximate surface area is 224 Å². The van der Waals surface area contributed by atoms with Gasteiger partial charge in [0.05, 0.1) is 22.1 Å². The van der Waals surface area contributed by atoms with E-state index in [0.29, 0.717) is 37.4 Å². The molecule has 2 amide bonds. The van der Waals surface area contributed by atoms with E-state index in [-0.39, 0.29) is 34.5 Å². The maximum absolute atomic E-state index is 14.8. The number of hydrogen-bond acceptors (Lipinski definition) is 5. The van der Waals surface area contributed by atoms with Gasteiger partial charge in [-0.2, -0.15) is 13.2 Å². The van der Waals surface area contributed by atoms with E-state index >= 15 is 0 Å². The van der Waals surface area contributed by atoms with Gasteiger partial charge in [-0.05, 0) is 75.8 Å². The van der Waals surface area contributed by atoms with Crippen LogP contribution in [0.25, 0.3) is 0 Å². The Balaban J connectivity index is 1.60. The molecule has 7 nitrogen and oxygen atoms in total. The van der Waals surface area contributed by atoms with Gasteiger partial charge in [0, 0.05) is 30.1 Å². The highest BCUT2D eigenvalue weighted by atomic mass is 32.2. The third-order valence-electron chi connectivity index (χ3n) is 6.96. The van der Waals surface area contributed by atoms with Gasteiger partial charge in [0.15, 0.2) is 9.84 Å². The summed E-state index contributed by atoms with van der Waals surface area (Å²) in [5, 5.41) is 5.92. The van der Waals surface area contributed by atoms with Crippen molar-refractivity contribution in [2.45, 2.75) is 68.7 Å². The number of carbonyl (C=O) groups is 2. The molecule has 4 rings (SSSR count). The van der Waals surface area contributed by atoms with Crippen molar-refractivity contribution >= 4 is 27.3 Å². The van der Waals surface area contributed by atoms with Crippen LogP contribution in [0, 0.1) is 11.7 Å². The van der Waals surface area contributed by atoms with Gasteiger partial charge in [0.25, 0.3) is 5.91 Å². The Morgan fingerprint density at radius 3 is 2.31 bits per heavy atom. The summed E-state index contributed by atoms with van der Waals surface area (Å²) in [5.41, 5.74) is -0.603. The molecule has 1 aliphatic heterocycles. The lowest BCUT2D eigenvalue weighted by molar-refractivity contribution is -0.137. The van der Waals surface area contributed by atoms with Crippen molar-refractivity contribution in [3.05, 3.63) is 58.9 Å². The van der Waals surface area contributed by atoms with Crippen LogP contribution in [0.15, 0.2) is 41.3 Å². The number of nitrogens with one attached hydrogen (secondary N) is 2. The molecule has 2 aromatic carbocycles. The summed E-state index contributed by atoms with van der Waals surface area (Å²) in [6.07, 6.45) is -1.44. The third kappa shape index (κ3) is 6.54. The summed E-state index contributed by atoms with van der Waals surface area (Å²) in [5.74, 6) is -2.23.